The Hall–Kier alpha value is -0.250. The molecular weight excluding hydrogens is 299 g/mol. The van der Waals surface area contributed by atoms with Crippen LogP contribution in [0.5, 0.6) is 0 Å². The highest BCUT2D eigenvalue weighted by Gasteiger charge is 2.19. The van der Waals surface area contributed by atoms with E-state index in [-0.39, 0.29) is 11.2 Å². The molecule has 0 radical (unpaired) electrons. The second-order valence-corrected chi connectivity index (χ2v) is 7.19. The number of carbonyl (C=O) groups is 1. The van der Waals surface area contributed by atoms with Crippen LogP contribution in [0.1, 0.15) is 85.0 Å². The van der Waals surface area contributed by atoms with Crippen LogP contribution in [0.4, 0.5) is 4.39 Å². The Kier molecular flexibility index (Phi) is 15.5. The Morgan fingerprint density at radius 1 is 1.00 bits per heavy atom. The Bertz CT molecular complexity index is 261. The zero-order valence-electron chi connectivity index (χ0n) is 14.7. The molecule has 4 heteroatoms. The normalized spacial score (nSPS) is 13.8. The number of carbonyl (C=O) groups excluding carboxylic acids is 1. The number of ether oxygens (including phenoxy) is 1. The van der Waals surface area contributed by atoms with E-state index in [4.69, 9.17) is 4.74 Å². The molecule has 2 unspecified atom stereocenters. The predicted molar refractivity (Wildman–Crippen MR) is 95.3 cm³/mol. The van der Waals surface area contributed by atoms with E-state index in [2.05, 4.69) is 13.8 Å². The van der Waals surface area contributed by atoms with Crippen molar-refractivity contribution < 1.29 is 13.9 Å². The lowest BCUT2D eigenvalue weighted by Gasteiger charge is -2.15. The molecule has 0 heterocycles. The van der Waals surface area contributed by atoms with Crippen LogP contribution >= 0.6 is 11.8 Å². The first kappa shape index (κ1) is 21.8. The molecule has 132 valence electrons. The van der Waals surface area contributed by atoms with Crippen molar-refractivity contribution in [3.8, 4) is 0 Å². The molecule has 0 spiro atoms. The molecule has 0 aromatic carbocycles. The molecule has 0 aliphatic rings. The molecule has 0 aliphatic heterocycles. The zero-order chi connectivity index (χ0) is 16.6. The van der Waals surface area contributed by atoms with Crippen molar-refractivity contribution >= 4 is 17.7 Å². The summed E-state index contributed by atoms with van der Waals surface area (Å²) in [6, 6.07) is 0. The van der Waals surface area contributed by atoms with Crippen molar-refractivity contribution in [1.82, 2.24) is 0 Å². The van der Waals surface area contributed by atoms with Gasteiger partial charge in [-0.15, -0.1) is 11.8 Å². The molecule has 0 saturated heterocycles. The Balaban J connectivity index is 3.98. The molecule has 0 amide bonds. The third-order valence-electron chi connectivity index (χ3n) is 3.75. The van der Waals surface area contributed by atoms with Gasteiger partial charge in [-0.3, -0.25) is 4.79 Å². The van der Waals surface area contributed by atoms with E-state index in [1.165, 1.54) is 6.42 Å². The van der Waals surface area contributed by atoms with Gasteiger partial charge in [-0.25, -0.2) is 4.39 Å². The van der Waals surface area contributed by atoms with E-state index < -0.39 is 6.17 Å². The maximum absolute atomic E-state index is 13.1. The summed E-state index contributed by atoms with van der Waals surface area (Å²) in [6.45, 7) is 6.69. The number of alkyl halides is 1. The first-order chi connectivity index (χ1) is 10.7. The molecule has 0 rings (SSSR count). The second-order valence-electron chi connectivity index (χ2n) is 5.88. The Morgan fingerprint density at radius 3 is 2.32 bits per heavy atom. The lowest BCUT2D eigenvalue weighted by atomic mass is 10.1. The van der Waals surface area contributed by atoms with E-state index in [9.17, 15) is 9.18 Å². The quantitative estimate of drug-likeness (QED) is 0.274. The Labute approximate surface area is 141 Å². The molecule has 2 atom stereocenters. The SMILES string of the molecule is CCCCCC(SCCCCC(F)CC)C(=O)OCCCC. The molecule has 22 heavy (non-hydrogen) atoms. The summed E-state index contributed by atoms with van der Waals surface area (Å²) in [5.74, 6) is 0.877. The maximum atomic E-state index is 13.1. The van der Waals surface area contributed by atoms with E-state index in [1.54, 1.807) is 11.8 Å². The molecular formula is C18H35FO2S. The number of rotatable bonds is 15. The minimum absolute atomic E-state index is 0.0317. The van der Waals surface area contributed by atoms with Crippen molar-refractivity contribution in [3.63, 3.8) is 0 Å². The Morgan fingerprint density at radius 2 is 1.68 bits per heavy atom. The summed E-state index contributed by atoms with van der Waals surface area (Å²) < 4.78 is 18.5. The number of hydrogen-bond acceptors (Lipinski definition) is 3. The van der Waals surface area contributed by atoms with Gasteiger partial charge in [0.05, 0.1) is 12.8 Å². The fourth-order valence-corrected chi connectivity index (χ4v) is 3.35. The smallest absolute Gasteiger partial charge is 0.319 e. The van der Waals surface area contributed by atoms with Gasteiger partial charge >= 0.3 is 5.97 Å². The highest BCUT2D eigenvalue weighted by Crippen LogP contribution is 2.22. The van der Waals surface area contributed by atoms with Crippen LogP contribution in [0.3, 0.4) is 0 Å². The maximum Gasteiger partial charge on any atom is 0.319 e. The van der Waals surface area contributed by atoms with Crippen LogP contribution in [0.2, 0.25) is 0 Å². The van der Waals surface area contributed by atoms with Crippen LogP contribution < -0.4 is 0 Å². The average Bonchev–Trinajstić information content (AvgIpc) is 2.52. The summed E-state index contributed by atoms with van der Waals surface area (Å²) in [7, 11) is 0. The first-order valence-electron chi connectivity index (χ1n) is 9.07. The molecule has 0 aliphatic carbocycles. The van der Waals surface area contributed by atoms with Crippen molar-refractivity contribution in [2.75, 3.05) is 12.4 Å². The predicted octanol–water partition coefficient (Wildman–Crippen LogP) is 5.93. The van der Waals surface area contributed by atoms with Gasteiger partial charge in [0.15, 0.2) is 0 Å². The summed E-state index contributed by atoms with van der Waals surface area (Å²) in [5.41, 5.74) is 0. The number of esters is 1. The van der Waals surface area contributed by atoms with Crippen molar-refractivity contribution in [3.05, 3.63) is 0 Å². The van der Waals surface area contributed by atoms with Gasteiger partial charge in [0.25, 0.3) is 0 Å². The monoisotopic (exact) mass is 334 g/mol. The minimum atomic E-state index is -0.663. The van der Waals surface area contributed by atoms with Gasteiger partial charge in [-0.2, -0.15) is 0 Å². The highest BCUT2D eigenvalue weighted by molar-refractivity contribution is 8.00. The van der Waals surface area contributed by atoms with Crippen LogP contribution in [0.15, 0.2) is 0 Å². The zero-order valence-corrected chi connectivity index (χ0v) is 15.6. The summed E-state index contributed by atoms with van der Waals surface area (Å²) >= 11 is 1.70. The molecule has 0 N–H and O–H groups in total. The van der Waals surface area contributed by atoms with Crippen molar-refractivity contribution in [1.29, 1.82) is 0 Å². The lowest BCUT2D eigenvalue weighted by molar-refractivity contribution is -0.143. The summed E-state index contributed by atoms with van der Waals surface area (Å²) in [6.07, 6.45) is 8.79. The van der Waals surface area contributed by atoms with Crippen molar-refractivity contribution in [2.24, 2.45) is 0 Å². The van der Waals surface area contributed by atoms with E-state index in [1.807, 2.05) is 6.92 Å². The molecule has 0 saturated carbocycles. The summed E-state index contributed by atoms with van der Waals surface area (Å²) in [4.78, 5) is 12.1. The highest BCUT2D eigenvalue weighted by atomic mass is 32.2. The summed E-state index contributed by atoms with van der Waals surface area (Å²) in [5, 5.41) is -0.0317. The number of hydrogen-bond donors (Lipinski definition) is 0. The van der Waals surface area contributed by atoms with Crippen LogP contribution in [-0.2, 0) is 9.53 Å². The average molecular weight is 335 g/mol. The standard InChI is InChI=1S/C18H35FO2S/c1-4-7-9-13-17(18(20)21-14-8-5-2)22-15-11-10-12-16(19)6-3/h16-17H,4-15H2,1-3H3. The van der Waals surface area contributed by atoms with Crippen LogP contribution in [0.25, 0.3) is 0 Å². The largest absolute Gasteiger partial charge is 0.465 e. The fourth-order valence-electron chi connectivity index (χ4n) is 2.16. The fraction of sp³-hybridized carbons (Fsp3) is 0.944. The number of halogens is 1. The lowest BCUT2D eigenvalue weighted by Crippen LogP contribution is -2.21. The molecule has 0 fully saturated rings. The molecule has 0 aromatic rings. The van der Waals surface area contributed by atoms with E-state index in [0.29, 0.717) is 19.4 Å². The van der Waals surface area contributed by atoms with Gasteiger partial charge in [0.1, 0.15) is 5.25 Å². The molecule has 0 bridgehead atoms. The van der Waals surface area contributed by atoms with E-state index in [0.717, 1.165) is 50.7 Å². The number of unbranched alkanes of at least 4 members (excludes halogenated alkanes) is 4. The third-order valence-corrected chi connectivity index (χ3v) is 5.10. The molecule has 0 aromatic heterocycles. The van der Waals surface area contributed by atoms with Gasteiger partial charge in [-0.05, 0) is 44.3 Å². The van der Waals surface area contributed by atoms with Gasteiger partial charge in [0.2, 0.25) is 0 Å². The van der Waals surface area contributed by atoms with Crippen LogP contribution in [0, 0.1) is 0 Å². The minimum Gasteiger partial charge on any atom is -0.465 e. The van der Waals surface area contributed by atoms with E-state index >= 15 is 0 Å². The third kappa shape index (κ3) is 12.3. The second kappa shape index (κ2) is 15.6. The first-order valence-corrected chi connectivity index (χ1v) is 10.1. The molecule has 2 nitrogen and oxygen atoms in total. The number of thioether (sulfide) groups is 1. The topological polar surface area (TPSA) is 26.3 Å². The van der Waals surface area contributed by atoms with Gasteiger partial charge < -0.3 is 4.74 Å². The van der Waals surface area contributed by atoms with Crippen molar-refractivity contribution in [2.45, 2.75) is 96.4 Å². The van der Waals surface area contributed by atoms with Gasteiger partial charge in [-0.1, -0.05) is 46.5 Å². The van der Waals surface area contributed by atoms with Crippen LogP contribution in [-0.4, -0.2) is 29.8 Å². The van der Waals surface area contributed by atoms with Gasteiger partial charge in [0, 0.05) is 0 Å².